The van der Waals surface area contributed by atoms with Gasteiger partial charge in [-0.05, 0) is 69.2 Å². The minimum Gasteiger partial charge on any atom is -0.382 e. The second-order valence-electron chi connectivity index (χ2n) is 9.06. The maximum atomic E-state index is 13.4. The van der Waals surface area contributed by atoms with Crippen molar-refractivity contribution >= 4 is 28.1 Å². The van der Waals surface area contributed by atoms with E-state index >= 15 is 0 Å². The summed E-state index contributed by atoms with van der Waals surface area (Å²) in [6.45, 7) is 2.86. The Bertz CT molecular complexity index is 1260. The molecule has 3 aromatic rings. The number of Topliss-reactive ketones (excluding diaryl/α,β-unsaturated/α-hetero) is 1. The van der Waals surface area contributed by atoms with Crippen molar-refractivity contribution in [3.05, 3.63) is 54.0 Å². The Balaban J connectivity index is 1.54. The van der Waals surface area contributed by atoms with Gasteiger partial charge in [-0.3, -0.25) is 9.78 Å². The molecule has 1 aliphatic rings. The molecule has 2 aromatic heterocycles. The number of nitrogens with one attached hydrogen (secondary N) is 2. The molecule has 190 valence electrons. The van der Waals surface area contributed by atoms with E-state index in [1.807, 2.05) is 6.07 Å². The summed E-state index contributed by atoms with van der Waals surface area (Å²) >= 11 is 0. The Labute approximate surface area is 208 Å². The van der Waals surface area contributed by atoms with Crippen molar-refractivity contribution in [2.24, 2.45) is 0 Å². The lowest BCUT2D eigenvalue weighted by Crippen LogP contribution is -2.36. The van der Waals surface area contributed by atoms with Crippen LogP contribution in [0.1, 0.15) is 42.4 Å². The molecule has 1 fully saturated rings. The number of hydrogen-bond donors (Lipinski definition) is 2. The molecule has 6 nitrogen and oxygen atoms in total. The molecule has 0 amide bonds. The highest BCUT2D eigenvalue weighted by Crippen LogP contribution is 2.31. The molecule has 1 saturated heterocycles. The van der Waals surface area contributed by atoms with Crippen LogP contribution in [-0.4, -0.2) is 59.1 Å². The Hall–Kier alpha value is -3.51. The summed E-state index contributed by atoms with van der Waals surface area (Å²) in [6, 6.07) is 10.8. The fourth-order valence-corrected chi connectivity index (χ4v) is 4.36. The molecule has 0 unspecified atom stereocenters. The van der Waals surface area contributed by atoms with E-state index < -0.39 is 12.7 Å². The van der Waals surface area contributed by atoms with Crippen LogP contribution in [0.3, 0.4) is 0 Å². The Kier molecular flexibility index (Phi) is 7.85. The van der Waals surface area contributed by atoms with Gasteiger partial charge in [0, 0.05) is 23.5 Å². The quantitative estimate of drug-likeness (QED) is 0.349. The molecule has 3 heterocycles. The summed E-state index contributed by atoms with van der Waals surface area (Å²) < 4.78 is 41.5. The van der Waals surface area contributed by atoms with Crippen LogP contribution in [0, 0.1) is 11.8 Å². The highest BCUT2D eigenvalue weighted by molar-refractivity contribution is 5.94. The van der Waals surface area contributed by atoms with E-state index in [0.717, 1.165) is 37.0 Å². The summed E-state index contributed by atoms with van der Waals surface area (Å²) in [7, 11) is 2.09. The van der Waals surface area contributed by atoms with Crippen LogP contribution in [0.5, 0.6) is 0 Å². The van der Waals surface area contributed by atoms with E-state index in [2.05, 4.69) is 39.4 Å². The summed E-state index contributed by atoms with van der Waals surface area (Å²) in [6.07, 6.45) is -0.478. The summed E-state index contributed by atoms with van der Waals surface area (Å²) in [5, 5.41) is 7.35. The van der Waals surface area contributed by atoms with Gasteiger partial charge in [-0.25, -0.2) is 0 Å². The van der Waals surface area contributed by atoms with E-state index in [-0.39, 0.29) is 18.4 Å². The van der Waals surface area contributed by atoms with Crippen LogP contribution in [0.4, 0.5) is 24.5 Å². The van der Waals surface area contributed by atoms with Crippen LogP contribution in [-0.2, 0) is 6.54 Å². The zero-order chi connectivity index (χ0) is 25.7. The number of fused-ring (bicyclic) bond motifs is 1. The van der Waals surface area contributed by atoms with Crippen LogP contribution in [0.15, 0.2) is 42.6 Å². The van der Waals surface area contributed by atoms with Crippen molar-refractivity contribution in [3.8, 4) is 11.8 Å². The van der Waals surface area contributed by atoms with Gasteiger partial charge in [0.25, 0.3) is 0 Å². The fourth-order valence-electron chi connectivity index (χ4n) is 4.36. The molecular formula is C27H30F3N5O. The monoisotopic (exact) mass is 497 g/mol. The van der Waals surface area contributed by atoms with Crippen LogP contribution < -0.4 is 10.6 Å². The third-order valence-corrected chi connectivity index (χ3v) is 6.33. The number of nitrogens with zero attached hydrogens (tertiary/aromatic N) is 3. The standard InChI is InChI=1S/C27H30F3N5O/c1-3-26(36)24-10-9-20(17-32-24)31-13-5-6-21-16-22-23(33-19-11-14-34(2)15-12-19)7-4-8-25(22)35(21)18-27(28,29)30/h4,7-10,16-17,19,31,33H,3,11-15,18H2,1-2H3. The maximum Gasteiger partial charge on any atom is 0.406 e. The summed E-state index contributed by atoms with van der Waals surface area (Å²) in [4.78, 5) is 18.1. The fraction of sp³-hybridized carbons (Fsp3) is 0.407. The zero-order valence-corrected chi connectivity index (χ0v) is 20.5. The van der Waals surface area contributed by atoms with Crippen LogP contribution in [0.2, 0.25) is 0 Å². The number of alkyl halides is 3. The number of likely N-dealkylation sites (tertiary alicyclic amines) is 1. The summed E-state index contributed by atoms with van der Waals surface area (Å²) in [5.74, 6) is 5.80. The van der Waals surface area contributed by atoms with Crippen LogP contribution in [0.25, 0.3) is 10.9 Å². The minimum atomic E-state index is -4.37. The average molecular weight is 498 g/mol. The van der Waals surface area contributed by atoms with E-state index in [0.29, 0.717) is 29.0 Å². The number of carbonyl (C=O) groups is 1. The summed E-state index contributed by atoms with van der Waals surface area (Å²) in [5.41, 5.74) is 2.72. The number of aromatic nitrogens is 2. The normalized spacial score (nSPS) is 14.9. The van der Waals surface area contributed by atoms with E-state index in [4.69, 9.17) is 0 Å². The first-order valence-corrected chi connectivity index (χ1v) is 12.1. The maximum absolute atomic E-state index is 13.4. The number of ketones is 1. The number of carbonyl (C=O) groups excluding carboxylic acids is 1. The largest absolute Gasteiger partial charge is 0.406 e. The van der Waals surface area contributed by atoms with Gasteiger partial charge in [-0.1, -0.05) is 18.9 Å². The minimum absolute atomic E-state index is 0.0384. The number of benzene rings is 1. The van der Waals surface area contributed by atoms with Gasteiger partial charge in [0.05, 0.1) is 29.6 Å². The molecule has 0 saturated carbocycles. The first-order valence-electron chi connectivity index (χ1n) is 12.1. The molecule has 0 radical (unpaired) electrons. The van der Waals surface area contributed by atoms with Crippen molar-refractivity contribution in [1.82, 2.24) is 14.5 Å². The number of pyridine rings is 1. The number of piperidine rings is 1. The zero-order valence-electron chi connectivity index (χ0n) is 20.5. The molecule has 36 heavy (non-hydrogen) atoms. The Morgan fingerprint density at radius 2 is 1.97 bits per heavy atom. The first kappa shape index (κ1) is 25.6. The van der Waals surface area contributed by atoms with E-state index in [1.165, 1.54) is 4.57 Å². The topological polar surface area (TPSA) is 62.2 Å². The predicted molar refractivity (Wildman–Crippen MR) is 136 cm³/mol. The third kappa shape index (κ3) is 6.38. The lowest BCUT2D eigenvalue weighted by Gasteiger charge is -2.30. The number of halogens is 3. The molecule has 0 atom stereocenters. The van der Waals surface area contributed by atoms with Crippen molar-refractivity contribution in [2.45, 2.75) is 44.9 Å². The Morgan fingerprint density at radius 1 is 1.19 bits per heavy atom. The second-order valence-corrected chi connectivity index (χ2v) is 9.06. The lowest BCUT2D eigenvalue weighted by atomic mass is 10.0. The average Bonchev–Trinajstić information content (AvgIpc) is 3.20. The van der Waals surface area contributed by atoms with E-state index in [9.17, 15) is 18.0 Å². The van der Waals surface area contributed by atoms with Gasteiger partial charge in [0.2, 0.25) is 0 Å². The van der Waals surface area contributed by atoms with Crippen molar-refractivity contribution in [3.63, 3.8) is 0 Å². The molecule has 0 spiro atoms. The highest BCUT2D eigenvalue weighted by atomic mass is 19.4. The van der Waals surface area contributed by atoms with E-state index in [1.54, 1.807) is 43.5 Å². The van der Waals surface area contributed by atoms with Gasteiger partial charge in [0.15, 0.2) is 5.78 Å². The van der Waals surface area contributed by atoms with Gasteiger partial charge in [-0.15, -0.1) is 0 Å². The van der Waals surface area contributed by atoms with Gasteiger partial charge in [-0.2, -0.15) is 13.2 Å². The second kappa shape index (κ2) is 11.0. The SMILES string of the molecule is CCC(=O)c1ccc(NCC#Cc2cc3c(NC4CCN(C)CC4)cccc3n2CC(F)(F)F)cn1. The van der Waals surface area contributed by atoms with Gasteiger partial charge >= 0.3 is 6.18 Å². The molecule has 9 heteroatoms. The van der Waals surface area contributed by atoms with Crippen LogP contribution >= 0.6 is 0 Å². The number of rotatable bonds is 7. The third-order valence-electron chi connectivity index (χ3n) is 6.33. The molecule has 1 aliphatic heterocycles. The van der Waals surface area contributed by atoms with Crippen molar-refractivity contribution < 1.29 is 18.0 Å². The molecule has 1 aromatic carbocycles. The molecule has 2 N–H and O–H groups in total. The molecule has 4 rings (SSSR count). The van der Waals surface area contributed by atoms with Gasteiger partial charge < -0.3 is 20.1 Å². The smallest absolute Gasteiger partial charge is 0.382 e. The molecular weight excluding hydrogens is 467 g/mol. The van der Waals surface area contributed by atoms with Gasteiger partial charge in [0.1, 0.15) is 12.2 Å². The highest BCUT2D eigenvalue weighted by Gasteiger charge is 2.30. The molecule has 0 aliphatic carbocycles. The predicted octanol–water partition coefficient (Wildman–Crippen LogP) is 5.16. The van der Waals surface area contributed by atoms with Crippen molar-refractivity contribution in [2.75, 3.05) is 37.3 Å². The Morgan fingerprint density at radius 3 is 2.64 bits per heavy atom. The number of hydrogen-bond acceptors (Lipinski definition) is 5. The first-order chi connectivity index (χ1) is 17.2. The number of anilines is 2. The molecule has 0 bridgehead atoms. The van der Waals surface area contributed by atoms with Crippen molar-refractivity contribution in [1.29, 1.82) is 0 Å². The lowest BCUT2D eigenvalue weighted by molar-refractivity contribution is -0.140.